The van der Waals surface area contributed by atoms with Crippen molar-refractivity contribution >= 4 is 12.0 Å². The molecule has 0 fully saturated rings. The summed E-state index contributed by atoms with van der Waals surface area (Å²) in [6, 6.07) is 0. The summed E-state index contributed by atoms with van der Waals surface area (Å²) in [5, 5.41) is 3.70. The molecule has 0 unspecified atom stereocenters. The van der Waals surface area contributed by atoms with E-state index < -0.39 is 0 Å². The van der Waals surface area contributed by atoms with Crippen molar-refractivity contribution in [3.63, 3.8) is 0 Å². The van der Waals surface area contributed by atoms with Gasteiger partial charge in [-0.3, -0.25) is 4.79 Å². The normalized spacial score (nSPS) is 12.1. The summed E-state index contributed by atoms with van der Waals surface area (Å²) in [5.74, 6) is 0.0292. The average Bonchev–Trinajstić information content (AvgIpc) is 1.89. The molecule has 3 heteroatoms. The highest BCUT2D eigenvalue weighted by Crippen LogP contribution is 1.90. The fourth-order valence-corrected chi connectivity index (χ4v) is 0.503. The van der Waals surface area contributed by atoms with E-state index in [9.17, 15) is 4.79 Å². The summed E-state index contributed by atoms with van der Waals surface area (Å²) in [5.41, 5.74) is 3.18. The largest absolute Gasteiger partial charge is 0.313 e. The molecule has 1 N–H and O–H groups in total. The lowest BCUT2D eigenvalue weighted by Crippen LogP contribution is -2.01. The van der Waals surface area contributed by atoms with E-state index in [1.54, 1.807) is 20.0 Å². The molecule has 0 atom stereocenters. The van der Waals surface area contributed by atoms with Gasteiger partial charge in [0.15, 0.2) is 5.78 Å². The van der Waals surface area contributed by atoms with Gasteiger partial charge in [-0.05, 0) is 13.8 Å². The first-order valence-corrected chi connectivity index (χ1v) is 3.09. The van der Waals surface area contributed by atoms with Crippen molar-refractivity contribution in [1.82, 2.24) is 5.43 Å². The zero-order chi connectivity index (χ0) is 7.98. The first kappa shape index (κ1) is 8.88. The van der Waals surface area contributed by atoms with Crippen LogP contribution in [0.3, 0.4) is 0 Å². The molecule has 0 spiro atoms. The average molecular weight is 140 g/mol. The Morgan fingerprint density at radius 2 is 2.20 bits per heavy atom. The SMILES string of the molecule is C/C=C(\C=N/NC)C(C)=O. The Labute approximate surface area is 60.8 Å². The topological polar surface area (TPSA) is 41.5 Å². The van der Waals surface area contributed by atoms with Crippen LogP contribution >= 0.6 is 0 Å². The van der Waals surface area contributed by atoms with E-state index in [1.165, 1.54) is 13.1 Å². The van der Waals surface area contributed by atoms with Gasteiger partial charge in [0.05, 0.1) is 6.21 Å². The number of allylic oxidation sites excluding steroid dienone is 2. The molecule has 0 rings (SSSR count). The van der Waals surface area contributed by atoms with Crippen molar-refractivity contribution in [3.05, 3.63) is 11.6 Å². The van der Waals surface area contributed by atoms with Gasteiger partial charge in [-0.2, -0.15) is 5.10 Å². The summed E-state index contributed by atoms with van der Waals surface area (Å²) in [7, 11) is 1.68. The van der Waals surface area contributed by atoms with Crippen LogP contribution in [-0.2, 0) is 4.79 Å². The molecular weight excluding hydrogens is 128 g/mol. The van der Waals surface area contributed by atoms with Crippen LogP contribution in [-0.4, -0.2) is 19.0 Å². The maximum absolute atomic E-state index is 10.7. The van der Waals surface area contributed by atoms with Gasteiger partial charge in [0.2, 0.25) is 0 Å². The minimum atomic E-state index is 0.0292. The van der Waals surface area contributed by atoms with Crippen LogP contribution in [0.1, 0.15) is 13.8 Å². The molecule has 56 valence electrons. The smallest absolute Gasteiger partial charge is 0.161 e. The van der Waals surface area contributed by atoms with Crippen molar-refractivity contribution < 1.29 is 4.79 Å². The van der Waals surface area contributed by atoms with Crippen molar-refractivity contribution in [2.24, 2.45) is 5.10 Å². The number of rotatable bonds is 3. The van der Waals surface area contributed by atoms with E-state index in [4.69, 9.17) is 0 Å². The summed E-state index contributed by atoms with van der Waals surface area (Å²) in [6.45, 7) is 3.31. The number of nitrogens with one attached hydrogen (secondary N) is 1. The Kier molecular flexibility index (Phi) is 4.20. The molecule has 0 radical (unpaired) electrons. The van der Waals surface area contributed by atoms with Gasteiger partial charge >= 0.3 is 0 Å². The quantitative estimate of drug-likeness (QED) is 0.356. The number of hydrazone groups is 1. The summed E-state index contributed by atoms with van der Waals surface area (Å²) < 4.78 is 0. The van der Waals surface area contributed by atoms with Gasteiger partial charge in [0.1, 0.15) is 0 Å². The molecule has 0 aliphatic rings. The highest BCUT2D eigenvalue weighted by atomic mass is 16.1. The lowest BCUT2D eigenvalue weighted by Gasteiger charge is -1.91. The molecular formula is C7H12N2O. The molecule has 0 saturated carbocycles. The number of Topliss-reactive ketones (excluding diaryl/α,β-unsaturated/α-hetero) is 1. The molecule has 0 aromatic carbocycles. The molecule has 0 bridgehead atoms. The second kappa shape index (κ2) is 4.73. The summed E-state index contributed by atoms with van der Waals surface area (Å²) in [6.07, 6.45) is 3.23. The minimum absolute atomic E-state index is 0.0292. The minimum Gasteiger partial charge on any atom is -0.313 e. The third-order valence-electron chi connectivity index (χ3n) is 1.05. The Balaban J connectivity index is 4.12. The van der Waals surface area contributed by atoms with Gasteiger partial charge in [-0.15, -0.1) is 0 Å². The Bertz CT molecular complexity index is 170. The second-order valence-corrected chi connectivity index (χ2v) is 1.78. The second-order valence-electron chi connectivity index (χ2n) is 1.78. The number of carbonyl (C=O) groups is 1. The van der Waals surface area contributed by atoms with Gasteiger partial charge in [0, 0.05) is 12.6 Å². The van der Waals surface area contributed by atoms with Crippen LogP contribution in [0.25, 0.3) is 0 Å². The van der Waals surface area contributed by atoms with E-state index in [-0.39, 0.29) is 5.78 Å². The van der Waals surface area contributed by atoms with Crippen LogP contribution in [0, 0.1) is 0 Å². The third-order valence-corrected chi connectivity index (χ3v) is 1.05. The molecule has 10 heavy (non-hydrogen) atoms. The maximum Gasteiger partial charge on any atom is 0.161 e. The first-order chi connectivity index (χ1) is 4.72. The van der Waals surface area contributed by atoms with Crippen molar-refractivity contribution in [2.45, 2.75) is 13.8 Å². The highest BCUT2D eigenvalue weighted by Gasteiger charge is 1.95. The van der Waals surface area contributed by atoms with Crippen molar-refractivity contribution in [2.75, 3.05) is 7.05 Å². The number of carbonyl (C=O) groups excluding carboxylic acids is 1. The molecule has 0 aliphatic carbocycles. The van der Waals surface area contributed by atoms with E-state index in [0.717, 1.165) is 0 Å². The van der Waals surface area contributed by atoms with Crippen molar-refractivity contribution in [1.29, 1.82) is 0 Å². The molecule has 0 aliphatic heterocycles. The predicted octanol–water partition coefficient (Wildman–Crippen LogP) is 0.727. The fourth-order valence-electron chi connectivity index (χ4n) is 0.503. The third kappa shape index (κ3) is 3.02. The lowest BCUT2D eigenvalue weighted by atomic mass is 10.2. The lowest BCUT2D eigenvalue weighted by molar-refractivity contribution is -0.113. The van der Waals surface area contributed by atoms with E-state index in [0.29, 0.717) is 5.57 Å². The zero-order valence-corrected chi connectivity index (χ0v) is 6.51. The zero-order valence-electron chi connectivity index (χ0n) is 6.51. The predicted molar refractivity (Wildman–Crippen MR) is 42.0 cm³/mol. The highest BCUT2D eigenvalue weighted by molar-refractivity contribution is 6.11. The van der Waals surface area contributed by atoms with Gasteiger partial charge in [-0.1, -0.05) is 6.08 Å². The molecule has 0 saturated heterocycles. The summed E-state index contributed by atoms with van der Waals surface area (Å²) >= 11 is 0. The fraction of sp³-hybridized carbons (Fsp3) is 0.429. The van der Waals surface area contributed by atoms with Gasteiger partial charge in [-0.25, -0.2) is 0 Å². The molecule has 3 nitrogen and oxygen atoms in total. The Morgan fingerprint density at radius 1 is 1.60 bits per heavy atom. The molecule has 0 aromatic heterocycles. The van der Waals surface area contributed by atoms with E-state index in [1.807, 2.05) is 0 Å². The molecule has 0 aromatic rings. The number of nitrogens with zero attached hydrogens (tertiary/aromatic N) is 1. The van der Waals surface area contributed by atoms with Crippen LogP contribution in [0.4, 0.5) is 0 Å². The Hall–Kier alpha value is -1.12. The van der Waals surface area contributed by atoms with Gasteiger partial charge in [0.25, 0.3) is 0 Å². The van der Waals surface area contributed by atoms with Gasteiger partial charge < -0.3 is 5.43 Å². The number of hydrogen-bond donors (Lipinski definition) is 1. The van der Waals surface area contributed by atoms with Crippen LogP contribution in [0.2, 0.25) is 0 Å². The number of hydrogen-bond acceptors (Lipinski definition) is 3. The van der Waals surface area contributed by atoms with E-state index in [2.05, 4.69) is 10.5 Å². The van der Waals surface area contributed by atoms with Crippen molar-refractivity contribution in [3.8, 4) is 0 Å². The monoisotopic (exact) mass is 140 g/mol. The molecule has 0 amide bonds. The van der Waals surface area contributed by atoms with Crippen LogP contribution < -0.4 is 5.43 Å². The number of ketones is 1. The standard InChI is InChI=1S/C7H12N2O/c1-4-7(6(2)10)5-9-8-3/h4-5,8H,1-3H3/b7-4+,9-5-. The first-order valence-electron chi connectivity index (χ1n) is 3.09. The van der Waals surface area contributed by atoms with Crippen LogP contribution in [0.15, 0.2) is 16.8 Å². The van der Waals surface area contributed by atoms with Crippen LogP contribution in [0.5, 0.6) is 0 Å². The maximum atomic E-state index is 10.7. The molecule has 0 heterocycles. The Morgan fingerprint density at radius 3 is 2.50 bits per heavy atom. The summed E-state index contributed by atoms with van der Waals surface area (Å²) in [4.78, 5) is 10.7. The van der Waals surface area contributed by atoms with E-state index >= 15 is 0 Å².